The Kier molecular flexibility index (Phi) is 5.03. The second-order valence-electron chi connectivity index (χ2n) is 9.55. The molecule has 0 saturated heterocycles. The van der Waals surface area contributed by atoms with Gasteiger partial charge in [0.15, 0.2) is 0 Å². The molecule has 0 aliphatic heterocycles. The summed E-state index contributed by atoms with van der Waals surface area (Å²) in [5.74, 6) is -0.244. The highest BCUT2D eigenvalue weighted by molar-refractivity contribution is 5.90. The van der Waals surface area contributed by atoms with Crippen molar-refractivity contribution in [2.45, 2.75) is 12.5 Å². The monoisotopic (exact) mass is 479 g/mol. The van der Waals surface area contributed by atoms with E-state index in [1.807, 2.05) is 53.1 Å². The van der Waals surface area contributed by atoms with E-state index >= 15 is 0 Å². The molecule has 7 aromatic rings. The number of aromatic amines is 2. The highest BCUT2D eigenvalue weighted by Crippen LogP contribution is 2.39. The number of H-pyrrole nitrogens is 2. The van der Waals surface area contributed by atoms with E-state index in [2.05, 4.69) is 83.0 Å². The molecule has 0 spiro atoms. The van der Waals surface area contributed by atoms with E-state index in [1.54, 1.807) is 0 Å². The van der Waals surface area contributed by atoms with Crippen LogP contribution in [0.3, 0.4) is 0 Å². The second-order valence-corrected chi connectivity index (χ2v) is 9.55. The first kappa shape index (κ1) is 21.5. The predicted molar refractivity (Wildman–Crippen MR) is 151 cm³/mol. The highest BCUT2D eigenvalue weighted by atomic mass is 16.1. The van der Waals surface area contributed by atoms with Crippen molar-refractivity contribution in [3.63, 3.8) is 0 Å². The van der Waals surface area contributed by atoms with Crippen molar-refractivity contribution in [1.29, 1.82) is 0 Å². The quantitative estimate of drug-likeness (QED) is 0.270. The summed E-state index contributed by atoms with van der Waals surface area (Å²) < 4.78 is 1.93. The summed E-state index contributed by atoms with van der Waals surface area (Å²) in [4.78, 5) is 21.3. The topological polar surface area (TPSA) is 53.6 Å². The van der Waals surface area contributed by atoms with Crippen LogP contribution in [-0.4, -0.2) is 14.5 Å². The van der Waals surface area contributed by atoms with Gasteiger partial charge in [-0.05, 0) is 46.3 Å². The first-order chi connectivity index (χ1) is 18.3. The fourth-order valence-electron chi connectivity index (χ4n) is 5.65. The van der Waals surface area contributed by atoms with Crippen molar-refractivity contribution < 1.29 is 0 Å². The molecule has 4 heteroatoms. The number of benzene rings is 4. The van der Waals surface area contributed by atoms with Gasteiger partial charge in [0, 0.05) is 45.7 Å². The van der Waals surface area contributed by atoms with Crippen LogP contribution in [0.15, 0.2) is 126 Å². The minimum Gasteiger partial charge on any atom is -0.361 e. The Hall–Kier alpha value is -4.83. The van der Waals surface area contributed by atoms with Crippen molar-refractivity contribution >= 4 is 32.7 Å². The zero-order valence-corrected chi connectivity index (χ0v) is 20.2. The van der Waals surface area contributed by atoms with Gasteiger partial charge in [-0.25, -0.2) is 0 Å². The largest absolute Gasteiger partial charge is 0.361 e. The first-order valence-corrected chi connectivity index (χ1v) is 12.6. The van der Waals surface area contributed by atoms with Gasteiger partial charge in [0.25, 0.3) is 5.56 Å². The third-order valence-corrected chi connectivity index (χ3v) is 7.39. The van der Waals surface area contributed by atoms with E-state index in [9.17, 15) is 4.79 Å². The van der Waals surface area contributed by atoms with E-state index in [0.717, 1.165) is 55.0 Å². The Labute approximate surface area is 213 Å². The van der Waals surface area contributed by atoms with Gasteiger partial charge < -0.3 is 14.5 Å². The minimum absolute atomic E-state index is 0.0307. The lowest BCUT2D eigenvalue weighted by atomic mass is 9.84. The number of pyridine rings is 1. The molecule has 0 saturated carbocycles. The van der Waals surface area contributed by atoms with Crippen LogP contribution in [0.2, 0.25) is 0 Å². The van der Waals surface area contributed by atoms with Gasteiger partial charge >= 0.3 is 0 Å². The SMILES string of the molecule is O=c1c(C(c2c[nH]c3ccccc23)c2c[nH]c3ccccc23)cc2ccccc2n1Cc1ccccc1. The summed E-state index contributed by atoms with van der Waals surface area (Å²) in [5, 5.41) is 3.30. The Morgan fingerprint density at radius 3 is 1.86 bits per heavy atom. The molecule has 37 heavy (non-hydrogen) atoms. The highest BCUT2D eigenvalue weighted by Gasteiger charge is 2.27. The lowest BCUT2D eigenvalue weighted by molar-refractivity contribution is 0.772. The average molecular weight is 480 g/mol. The molecule has 0 radical (unpaired) electrons. The molecular weight excluding hydrogens is 454 g/mol. The first-order valence-electron chi connectivity index (χ1n) is 12.6. The van der Waals surface area contributed by atoms with E-state index in [0.29, 0.717) is 6.54 Å². The lowest BCUT2D eigenvalue weighted by Gasteiger charge is -2.20. The molecule has 7 rings (SSSR count). The van der Waals surface area contributed by atoms with Crippen molar-refractivity contribution in [1.82, 2.24) is 14.5 Å². The van der Waals surface area contributed by atoms with E-state index in [1.165, 1.54) is 0 Å². The summed E-state index contributed by atoms with van der Waals surface area (Å²) in [7, 11) is 0. The van der Waals surface area contributed by atoms with Crippen molar-refractivity contribution in [2.75, 3.05) is 0 Å². The third-order valence-electron chi connectivity index (χ3n) is 7.39. The molecule has 2 N–H and O–H groups in total. The maximum absolute atomic E-state index is 14.4. The Morgan fingerprint density at radius 1 is 0.622 bits per heavy atom. The van der Waals surface area contributed by atoms with Gasteiger partial charge in [0.2, 0.25) is 0 Å². The minimum atomic E-state index is -0.244. The molecule has 0 aliphatic rings. The lowest BCUT2D eigenvalue weighted by Crippen LogP contribution is -2.27. The third kappa shape index (κ3) is 3.57. The standard InChI is InChI=1S/C33H25N3O/c37-33-26(18-23-12-4-9-17-31(23)36(33)21-22-10-2-1-3-11-22)32(27-19-34-29-15-7-5-13-24(27)29)28-20-35-30-16-8-6-14-25(28)30/h1-20,32,34-35H,21H2. The molecule has 0 fully saturated rings. The number of hydrogen-bond acceptors (Lipinski definition) is 1. The van der Waals surface area contributed by atoms with Crippen LogP contribution in [0.25, 0.3) is 32.7 Å². The molecule has 0 bridgehead atoms. The number of para-hydroxylation sites is 3. The van der Waals surface area contributed by atoms with Gasteiger partial charge in [-0.3, -0.25) is 4.79 Å². The fourth-order valence-corrected chi connectivity index (χ4v) is 5.65. The normalized spacial score (nSPS) is 11.7. The molecular formula is C33H25N3O. The van der Waals surface area contributed by atoms with E-state index in [-0.39, 0.29) is 11.5 Å². The number of aromatic nitrogens is 3. The molecule has 0 atom stereocenters. The molecule has 0 unspecified atom stereocenters. The van der Waals surface area contributed by atoms with Gasteiger partial charge in [-0.2, -0.15) is 0 Å². The summed E-state index contributed by atoms with van der Waals surface area (Å²) in [6.45, 7) is 0.516. The van der Waals surface area contributed by atoms with Crippen molar-refractivity contribution in [3.05, 3.63) is 154 Å². The van der Waals surface area contributed by atoms with Crippen molar-refractivity contribution in [2.24, 2.45) is 0 Å². The molecule has 3 aromatic heterocycles. The molecule has 0 aliphatic carbocycles. The van der Waals surface area contributed by atoms with Crippen LogP contribution >= 0.6 is 0 Å². The number of fused-ring (bicyclic) bond motifs is 3. The van der Waals surface area contributed by atoms with Crippen LogP contribution in [0.1, 0.15) is 28.2 Å². The summed E-state index contributed by atoms with van der Waals surface area (Å²) >= 11 is 0. The van der Waals surface area contributed by atoms with E-state index < -0.39 is 0 Å². The Balaban J connectivity index is 1.54. The van der Waals surface area contributed by atoms with Crippen LogP contribution in [0.4, 0.5) is 0 Å². The van der Waals surface area contributed by atoms with E-state index in [4.69, 9.17) is 0 Å². The summed E-state index contributed by atoms with van der Waals surface area (Å²) in [5.41, 5.74) is 7.16. The van der Waals surface area contributed by atoms with Crippen LogP contribution in [-0.2, 0) is 6.54 Å². The van der Waals surface area contributed by atoms with Gasteiger partial charge in [0.1, 0.15) is 0 Å². The maximum atomic E-state index is 14.4. The molecule has 178 valence electrons. The van der Waals surface area contributed by atoms with Gasteiger partial charge in [0.05, 0.1) is 12.1 Å². The Bertz CT molecular complexity index is 1870. The number of hydrogen-bond donors (Lipinski definition) is 2. The summed E-state index contributed by atoms with van der Waals surface area (Å²) in [6, 6.07) is 37.1. The number of nitrogens with zero attached hydrogens (tertiary/aromatic N) is 1. The second kappa shape index (κ2) is 8.68. The smallest absolute Gasteiger partial charge is 0.255 e. The molecule has 0 amide bonds. The maximum Gasteiger partial charge on any atom is 0.255 e. The van der Waals surface area contributed by atoms with Crippen LogP contribution in [0, 0.1) is 0 Å². The number of nitrogens with one attached hydrogen (secondary N) is 2. The van der Waals surface area contributed by atoms with Crippen LogP contribution in [0.5, 0.6) is 0 Å². The van der Waals surface area contributed by atoms with Gasteiger partial charge in [-0.1, -0.05) is 84.9 Å². The zero-order chi connectivity index (χ0) is 24.8. The fraction of sp³-hybridized carbons (Fsp3) is 0.0606. The summed E-state index contributed by atoms with van der Waals surface area (Å²) in [6.07, 6.45) is 4.13. The number of rotatable bonds is 5. The van der Waals surface area contributed by atoms with Crippen LogP contribution < -0.4 is 5.56 Å². The van der Waals surface area contributed by atoms with Crippen molar-refractivity contribution in [3.8, 4) is 0 Å². The Morgan fingerprint density at radius 2 is 1.19 bits per heavy atom. The van der Waals surface area contributed by atoms with Gasteiger partial charge in [-0.15, -0.1) is 0 Å². The zero-order valence-electron chi connectivity index (χ0n) is 20.2. The molecule has 4 nitrogen and oxygen atoms in total. The molecule has 4 aromatic carbocycles. The predicted octanol–water partition coefficient (Wildman–Crippen LogP) is 7.19. The average Bonchev–Trinajstić information content (AvgIpc) is 3.57. The molecule has 3 heterocycles.